The maximum atomic E-state index is 13.0. The van der Waals surface area contributed by atoms with Crippen LogP contribution in [0.25, 0.3) is 0 Å². The molecule has 2 amide bonds. The summed E-state index contributed by atoms with van der Waals surface area (Å²) in [7, 11) is 0. The average molecular weight is 466 g/mol. The van der Waals surface area contributed by atoms with E-state index in [9.17, 15) is 14.0 Å². The highest BCUT2D eigenvalue weighted by Gasteiger charge is 2.25. The highest BCUT2D eigenvalue weighted by atomic mass is 19.1. The lowest BCUT2D eigenvalue weighted by Gasteiger charge is -2.33. The first kappa shape index (κ1) is 23.5. The van der Waals surface area contributed by atoms with E-state index >= 15 is 0 Å². The number of halogens is 1. The second-order valence-electron chi connectivity index (χ2n) is 8.45. The third kappa shape index (κ3) is 6.02. The Labute approximate surface area is 198 Å². The number of rotatable bonds is 7. The number of furan rings is 1. The smallest absolute Gasteiger partial charge is 0.289 e. The molecule has 0 unspecified atom stereocenters. The maximum absolute atomic E-state index is 13.0. The number of piperazine rings is 1. The van der Waals surface area contributed by atoms with E-state index < -0.39 is 0 Å². The Morgan fingerprint density at radius 3 is 2.44 bits per heavy atom. The highest BCUT2D eigenvalue weighted by molar-refractivity contribution is 5.92. The summed E-state index contributed by atoms with van der Waals surface area (Å²) in [5, 5.41) is 2.75. The Bertz CT molecular complexity index is 1150. The van der Waals surface area contributed by atoms with Gasteiger partial charge in [-0.05, 0) is 61.9 Å². The normalized spacial score (nSPS) is 14.1. The summed E-state index contributed by atoms with van der Waals surface area (Å²) >= 11 is 0. The summed E-state index contributed by atoms with van der Waals surface area (Å²) in [6, 6.07) is 15.1. The van der Waals surface area contributed by atoms with Crippen LogP contribution in [0.5, 0.6) is 5.75 Å². The number of nitrogens with one attached hydrogen (secondary N) is 1. The lowest BCUT2D eigenvalue weighted by atomic mass is 10.1. The van der Waals surface area contributed by atoms with Gasteiger partial charge < -0.3 is 19.4 Å². The number of hydrogen-bond acceptors (Lipinski definition) is 5. The fourth-order valence-corrected chi connectivity index (χ4v) is 3.88. The van der Waals surface area contributed by atoms with E-state index in [-0.39, 0.29) is 36.5 Å². The number of carbonyl (C=O) groups excluding carboxylic acids is 2. The topological polar surface area (TPSA) is 75.0 Å². The Morgan fingerprint density at radius 1 is 1.00 bits per heavy atom. The van der Waals surface area contributed by atoms with Crippen molar-refractivity contribution in [2.75, 3.05) is 38.0 Å². The van der Waals surface area contributed by atoms with Crippen LogP contribution in [0.4, 0.5) is 10.1 Å². The SMILES string of the molecule is Cc1ccc(OCc2ccc(C(=O)N3CCN(CC(=O)Nc4ccc(F)cc4)CC3)o2)c(C)c1. The number of benzene rings is 2. The zero-order chi connectivity index (χ0) is 24.1. The second-order valence-corrected chi connectivity index (χ2v) is 8.45. The van der Waals surface area contributed by atoms with E-state index in [0.717, 1.165) is 11.3 Å². The lowest BCUT2D eigenvalue weighted by Crippen LogP contribution is -2.50. The quantitative estimate of drug-likeness (QED) is 0.571. The first-order valence-electron chi connectivity index (χ1n) is 11.2. The van der Waals surface area contributed by atoms with Gasteiger partial charge in [0.2, 0.25) is 5.91 Å². The molecular weight excluding hydrogens is 437 g/mol. The second kappa shape index (κ2) is 10.5. The summed E-state index contributed by atoms with van der Waals surface area (Å²) in [5.41, 5.74) is 2.77. The Hall–Kier alpha value is -3.65. The minimum absolute atomic E-state index is 0.173. The summed E-state index contributed by atoms with van der Waals surface area (Å²) < 4.78 is 24.6. The van der Waals surface area contributed by atoms with Crippen molar-refractivity contribution in [2.45, 2.75) is 20.5 Å². The molecule has 7 nitrogen and oxygen atoms in total. The van der Waals surface area contributed by atoms with Crippen LogP contribution >= 0.6 is 0 Å². The van der Waals surface area contributed by atoms with E-state index in [4.69, 9.17) is 9.15 Å². The van der Waals surface area contributed by atoms with Gasteiger partial charge in [-0.3, -0.25) is 14.5 Å². The average Bonchev–Trinajstić information content (AvgIpc) is 3.29. The van der Waals surface area contributed by atoms with E-state index in [0.29, 0.717) is 37.6 Å². The lowest BCUT2D eigenvalue weighted by molar-refractivity contribution is -0.117. The first-order chi connectivity index (χ1) is 16.4. The molecule has 4 rings (SSSR count). The van der Waals surface area contributed by atoms with Gasteiger partial charge in [-0.15, -0.1) is 0 Å². The first-order valence-corrected chi connectivity index (χ1v) is 11.2. The highest BCUT2D eigenvalue weighted by Crippen LogP contribution is 2.21. The maximum Gasteiger partial charge on any atom is 0.289 e. The fourth-order valence-electron chi connectivity index (χ4n) is 3.88. The van der Waals surface area contributed by atoms with Crippen LogP contribution in [0.3, 0.4) is 0 Å². The molecule has 0 spiro atoms. The molecule has 178 valence electrons. The molecule has 0 radical (unpaired) electrons. The van der Waals surface area contributed by atoms with Gasteiger partial charge in [0.15, 0.2) is 5.76 Å². The predicted octanol–water partition coefficient (Wildman–Crippen LogP) is 4.01. The van der Waals surface area contributed by atoms with Crippen LogP contribution in [-0.2, 0) is 11.4 Å². The van der Waals surface area contributed by atoms with Crippen molar-refractivity contribution in [3.05, 3.63) is 83.1 Å². The Balaban J connectivity index is 1.23. The minimum Gasteiger partial charge on any atom is -0.485 e. The van der Waals surface area contributed by atoms with E-state index in [1.807, 2.05) is 30.9 Å². The number of anilines is 1. The van der Waals surface area contributed by atoms with Crippen LogP contribution < -0.4 is 10.1 Å². The van der Waals surface area contributed by atoms with E-state index in [1.54, 1.807) is 17.0 Å². The number of amides is 2. The zero-order valence-corrected chi connectivity index (χ0v) is 19.3. The largest absolute Gasteiger partial charge is 0.485 e. The van der Waals surface area contributed by atoms with Gasteiger partial charge in [-0.25, -0.2) is 4.39 Å². The van der Waals surface area contributed by atoms with Crippen molar-refractivity contribution in [3.63, 3.8) is 0 Å². The van der Waals surface area contributed by atoms with Crippen molar-refractivity contribution in [3.8, 4) is 5.75 Å². The van der Waals surface area contributed by atoms with E-state index in [1.165, 1.54) is 29.8 Å². The molecule has 1 aliphatic rings. The van der Waals surface area contributed by atoms with Crippen molar-refractivity contribution >= 4 is 17.5 Å². The summed E-state index contributed by atoms with van der Waals surface area (Å²) in [4.78, 5) is 28.8. The van der Waals surface area contributed by atoms with Crippen LogP contribution in [0.2, 0.25) is 0 Å². The molecule has 2 aromatic carbocycles. The Morgan fingerprint density at radius 2 is 1.74 bits per heavy atom. The standard InChI is InChI=1S/C26H28FN3O4/c1-18-3-9-23(19(2)15-18)33-17-22-8-10-24(34-22)26(32)30-13-11-29(12-14-30)16-25(31)28-21-6-4-20(27)5-7-21/h3-10,15H,11-14,16-17H2,1-2H3,(H,28,31). The van der Waals surface area contributed by atoms with Crippen LogP contribution in [0.1, 0.15) is 27.4 Å². The van der Waals surface area contributed by atoms with Crippen LogP contribution in [0.15, 0.2) is 59.0 Å². The molecule has 1 aromatic heterocycles. The van der Waals surface area contributed by atoms with Gasteiger partial charge in [0.25, 0.3) is 5.91 Å². The van der Waals surface area contributed by atoms with Crippen molar-refractivity contribution < 1.29 is 23.1 Å². The van der Waals surface area contributed by atoms with Gasteiger partial charge >= 0.3 is 0 Å². The minimum atomic E-state index is -0.351. The van der Waals surface area contributed by atoms with Crippen molar-refractivity contribution in [1.82, 2.24) is 9.80 Å². The van der Waals surface area contributed by atoms with Gasteiger partial charge in [-0.2, -0.15) is 0 Å². The third-order valence-electron chi connectivity index (χ3n) is 5.73. The summed E-state index contributed by atoms with van der Waals surface area (Å²) in [6.45, 7) is 6.62. The molecule has 2 heterocycles. The van der Waals surface area contributed by atoms with E-state index in [2.05, 4.69) is 11.4 Å². The molecule has 3 aromatic rings. The summed E-state index contributed by atoms with van der Waals surface area (Å²) in [6.07, 6.45) is 0. The molecule has 0 aliphatic carbocycles. The molecule has 1 N–H and O–H groups in total. The monoisotopic (exact) mass is 465 g/mol. The molecule has 8 heteroatoms. The van der Waals surface area contributed by atoms with Gasteiger partial charge in [0, 0.05) is 31.9 Å². The molecule has 0 saturated carbocycles. The van der Waals surface area contributed by atoms with Crippen LogP contribution in [0, 0.1) is 19.7 Å². The number of nitrogens with zero attached hydrogens (tertiary/aromatic N) is 2. The molecule has 1 aliphatic heterocycles. The van der Waals surface area contributed by atoms with Gasteiger partial charge in [-0.1, -0.05) is 17.7 Å². The van der Waals surface area contributed by atoms with Crippen LogP contribution in [-0.4, -0.2) is 54.3 Å². The number of ether oxygens (including phenoxy) is 1. The third-order valence-corrected chi connectivity index (χ3v) is 5.73. The van der Waals surface area contributed by atoms with Crippen molar-refractivity contribution in [1.29, 1.82) is 0 Å². The fraction of sp³-hybridized carbons (Fsp3) is 0.308. The number of carbonyl (C=O) groups is 2. The molecular formula is C26H28FN3O4. The predicted molar refractivity (Wildman–Crippen MR) is 126 cm³/mol. The molecule has 0 atom stereocenters. The zero-order valence-electron chi connectivity index (χ0n) is 19.3. The Kier molecular flexibility index (Phi) is 7.27. The summed E-state index contributed by atoms with van der Waals surface area (Å²) in [5.74, 6) is 0.950. The van der Waals surface area contributed by atoms with Gasteiger partial charge in [0.05, 0.1) is 6.54 Å². The molecule has 1 fully saturated rings. The molecule has 34 heavy (non-hydrogen) atoms. The molecule has 0 bridgehead atoms. The number of aryl methyl sites for hydroxylation is 2. The molecule has 1 saturated heterocycles. The van der Waals surface area contributed by atoms with Gasteiger partial charge in [0.1, 0.15) is 23.9 Å². The van der Waals surface area contributed by atoms with Crippen molar-refractivity contribution in [2.24, 2.45) is 0 Å². The number of hydrogen-bond donors (Lipinski definition) is 1.